The fraction of sp³-hybridized carbons (Fsp3) is 0.278. The maximum Gasteiger partial charge on any atom is 0.274 e. The van der Waals surface area contributed by atoms with Crippen LogP contribution in [0.15, 0.2) is 36.4 Å². The Hall–Kier alpha value is -2.72. The number of sulfonamides is 1. The Morgan fingerprint density at radius 1 is 1.34 bits per heavy atom. The molecular weight excluding hydrogens is 425 g/mol. The van der Waals surface area contributed by atoms with Crippen LogP contribution in [0.2, 0.25) is 5.02 Å². The molecule has 0 spiro atoms. The summed E-state index contributed by atoms with van der Waals surface area (Å²) in [5, 5.41) is 13.4. The highest BCUT2D eigenvalue weighted by molar-refractivity contribution is 7.92. The van der Waals surface area contributed by atoms with Gasteiger partial charge >= 0.3 is 0 Å². The lowest BCUT2D eigenvalue weighted by molar-refractivity contribution is -0.385. The molecule has 0 aromatic heterocycles. The summed E-state index contributed by atoms with van der Waals surface area (Å²) < 4.78 is 39.2. The van der Waals surface area contributed by atoms with Crippen LogP contribution < -0.4 is 9.62 Å². The van der Waals surface area contributed by atoms with Gasteiger partial charge in [0.15, 0.2) is 0 Å². The largest absolute Gasteiger partial charge is 0.324 e. The van der Waals surface area contributed by atoms with Crippen molar-refractivity contribution in [3.63, 3.8) is 0 Å². The summed E-state index contributed by atoms with van der Waals surface area (Å²) in [5.41, 5.74) is 0.266. The zero-order valence-corrected chi connectivity index (χ0v) is 17.4. The Morgan fingerprint density at radius 3 is 2.52 bits per heavy atom. The molecule has 0 aliphatic rings. The molecule has 0 aliphatic carbocycles. The van der Waals surface area contributed by atoms with Crippen molar-refractivity contribution < 1.29 is 22.5 Å². The molecule has 0 bridgehead atoms. The van der Waals surface area contributed by atoms with Gasteiger partial charge in [-0.15, -0.1) is 0 Å². The summed E-state index contributed by atoms with van der Waals surface area (Å²) in [6, 6.07) is 6.33. The van der Waals surface area contributed by atoms with Crippen LogP contribution in [-0.4, -0.2) is 31.5 Å². The molecule has 0 fully saturated rings. The van der Waals surface area contributed by atoms with Crippen LogP contribution in [0.1, 0.15) is 18.9 Å². The van der Waals surface area contributed by atoms with Gasteiger partial charge in [0.25, 0.3) is 5.69 Å². The summed E-state index contributed by atoms with van der Waals surface area (Å²) >= 11 is 5.77. The number of nitro groups is 1. The lowest BCUT2D eigenvalue weighted by Crippen LogP contribution is -2.47. The molecule has 1 atom stereocenters. The highest BCUT2D eigenvalue weighted by Crippen LogP contribution is 2.29. The number of carbonyl (C=O) groups excluding carboxylic acids is 1. The average molecular weight is 444 g/mol. The van der Waals surface area contributed by atoms with E-state index >= 15 is 0 Å². The van der Waals surface area contributed by atoms with Crippen LogP contribution >= 0.6 is 11.6 Å². The molecule has 0 aliphatic heterocycles. The van der Waals surface area contributed by atoms with Gasteiger partial charge in [-0.05, 0) is 37.6 Å². The van der Waals surface area contributed by atoms with Crippen molar-refractivity contribution in [3.8, 4) is 0 Å². The zero-order valence-electron chi connectivity index (χ0n) is 15.8. The number of nitrogens with zero attached hydrogens (tertiary/aromatic N) is 2. The minimum absolute atomic E-state index is 0.0247. The highest BCUT2D eigenvalue weighted by Gasteiger charge is 2.32. The molecule has 1 N–H and O–H groups in total. The normalized spacial score (nSPS) is 12.3. The summed E-state index contributed by atoms with van der Waals surface area (Å²) in [6.45, 7) is 3.08. The Bertz CT molecular complexity index is 1060. The van der Waals surface area contributed by atoms with E-state index in [1.54, 1.807) is 6.92 Å². The van der Waals surface area contributed by atoms with Gasteiger partial charge in [0, 0.05) is 6.07 Å². The SMILES string of the molecule is CC[C@H](C(=O)Nc1cccc([N+](=O)[O-])c1C)N(c1ccc(F)c(Cl)c1)S(C)(=O)=O. The van der Waals surface area contributed by atoms with Gasteiger partial charge in [-0.2, -0.15) is 0 Å². The quantitative estimate of drug-likeness (QED) is 0.515. The predicted molar refractivity (Wildman–Crippen MR) is 109 cm³/mol. The maximum absolute atomic E-state index is 13.5. The summed E-state index contributed by atoms with van der Waals surface area (Å²) in [6.07, 6.45) is 1.00. The maximum atomic E-state index is 13.5. The minimum atomic E-state index is -3.94. The first-order valence-electron chi connectivity index (χ1n) is 8.46. The number of amides is 1. The predicted octanol–water partition coefficient (Wildman–Crippen LogP) is 3.88. The standard InChI is InChI=1S/C18H19ClFN3O5S/c1-4-16(18(24)21-15-6-5-7-17(11(15)2)23(25)26)22(29(3,27)28)12-8-9-14(20)13(19)10-12/h5-10,16H,4H2,1-3H3,(H,21,24)/t16-/m1/s1. The molecule has 0 saturated heterocycles. The van der Waals surface area contributed by atoms with Crippen LogP contribution in [0.4, 0.5) is 21.5 Å². The van der Waals surface area contributed by atoms with E-state index in [4.69, 9.17) is 11.6 Å². The van der Waals surface area contributed by atoms with Crippen LogP contribution in [-0.2, 0) is 14.8 Å². The Balaban J connectivity index is 2.45. The summed E-state index contributed by atoms with van der Waals surface area (Å²) in [7, 11) is -3.94. The molecule has 2 rings (SSSR count). The molecular formula is C18H19ClFN3O5S. The monoisotopic (exact) mass is 443 g/mol. The zero-order chi connectivity index (χ0) is 21.9. The molecule has 29 heavy (non-hydrogen) atoms. The van der Waals surface area contributed by atoms with Gasteiger partial charge in [-0.3, -0.25) is 19.2 Å². The molecule has 0 radical (unpaired) electrons. The van der Waals surface area contributed by atoms with Crippen molar-refractivity contribution in [2.24, 2.45) is 0 Å². The summed E-state index contributed by atoms with van der Waals surface area (Å²) in [5.74, 6) is -1.42. The van der Waals surface area contributed by atoms with E-state index in [0.29, 0.717) is 0 Å². The summed E-state index contributed by atoms with van der Waals surface area (Å²) in [4.78, 5) is 23.4. The van der Waals surface area contributed by atoms with Crippen molar-refractivity contribution in [3.05, 3.63) is 62.9 Å². The number of rotatable bonds is 7. The van der Waals surface area contributed by atoms with Gasteiger partial charge in [-0.25, -0.2) is 12.8 Å². The van der Waals surface area contributed by atoms with E-state index in [0.717, 1.165) is 22.7 Å². The number of anilines is 2. The van der Waals surface area contributed by atoms with Gasteiger partial charge in [0.2, 0.25) is 15.9 Å². The number of carbonyl (C=O) groups is 1. The first kappa shape index (κ1) is 22.6. The third kappa shape index (κ3) is 5.01. The molecule has 2 aromatic rings. The smallest absolute Gasteiger partial charge is 0.274 e. The number of hydrogen-bond acceptors (Lipinski definition) is 5. The van der Waals surface area contributed by atoms with Crippen LogP contribution in [0.5, 0.6) is 0 Å². The second-order valence-corrected chi connectivity index (χ2v) is 8.54. The van der Waals surface area contributed by atoms with Crippen molar-refractivity contribution in [1.29, 1.82) is 0 Å². The van der Waals surface area contributed by atoms with E-state index in [-0.39, 0.29) is 34.1 Å². The molecule has 0 heterocycles. The molecule has 8 nitrogen and oxygen atoms in total. The fourth-order valence-electron chi connectivity index (χ4n) is 2.86. The Morgan fingerprint density at radius 2 is 2.00 bits per heavy atom. The molecule has 156 valence electrons. The molecule has 1 amide bonds. The van der Waals surface area contributed by atoms with Gasteiger partial charge in [0.1, 0.15) is 11.9 Å². The van der Waals surface area contributed by atoms with Crippen LogP contribution in [0.3, 0.4) is 0 Å². The topological polar surface area (TPSA) is 110 Å². The molecule has 11 heteroatoms. The average Bonchev–Trinajstić information content (AvgIpc) is 2.62. The molecule has 2 aromatic carbocycles. The lowest BCUT2D eigenvalue weighted by Gasteiger charge is -2.30. The Kier molecular flexibility index (Phi) is 6.81. The third-order valence-electron chi connectivity index (χ3n) is 4.25. The first-order valence-corrected chi connectivity index (χ1v) is 10.7. The van der Waals surface area contributed by atoms with E-state index in [1.807, 2.05) is 0 Å². The second-order valence-electron chi connectivity index (χ2n) is 6.28. The lowest BCUT2D eigenvalue weighted by atomic mass is 10.1. The second kappa shape index (κ2) is 8.75. The van der Waals surface area contributed by atoms with Crippen LogP contribution in [0.25, 0.3) is 0 Å². The van der Waals surface area contributed by atoms with Crippen molar-refractivity contribution in [1.82, 2.24) is 0 Å². The number of hydrogen-bond donors (Lipinski definition) is 1. The van der Waals surface area contributed by atoms with Gasteiger partial charge in [-0.1, -0.05) is 24.6 Å². The fourth-order valence-corrected chi connectivity index (χ4v) is 4.23. The van der Waals surface area contributed by atoms with Crippen molar-refractivity contribution in [2.45, 2.75) is 26.3 Å². The van der Waals surface area contributed by atoms with Gasteiger partial charge in [0.05, 0.1) is 33.1 Å². The van der Waals surface area contributed by atoms with E-state index in [9.17, 15) is 27.7 Å². The number of benzene rings is 2. The number of nitrogens with one attached hydrogen (secondary N) is 1. The van der Waals surface area contributed by atoms with Crippen LogP contribution in [0, 0.1) is 22.9 Å². The Labute approximate surface area is 172 Å². The van der Waals surface area contributed by atoms with Gasteiger partial charge < -0.3 is 5.32 Å². The number of nitro benzene ring substituents is 1. The highest BCUT2D eigenvalue weighted by atomic mass is 35.5. The molecule has 0 saturated carbocycles. The minimum Gasteiger partial charge on any atom is -0.324 e. The van der Waals surface area contributed by atoms with E-state index in [1.165, 1.54) is 31.2 Å². The number of halogens is 2. The first-order chi connectivity index (χ1) is 13.5. The van der Waals surface area contributed by atoms with E-state index in [2.05, 4.69) is 5.32 Å². The third-order valence-corrected chi connectivity index (χ3v) is 5.72. The molecule has 0 unspecified atom stereocenters. The van der Waals surface area contributed by atoms with Crippen molar-refractivity contribution >= 4 is 44.6 Å². The van der Waals surface area contributed by atoms with E-state index < -0.39 is 32.7 Å². The van der Waals surface area contributed by atoms with Crippen molar-refractivity contribution in [2.75, 3.05) is 15.9 Å².